The number of hydrogen-bond acceptors (Lipinski definition) is 2. The van der Waals surface area contributed by atoms with Crippen LogP contribution in [0.25, 0.3) is 0 Å². The molecule has 0 N–H and O–H groups in total. The second-order valence-corrected chi connectivity index (χ2v) is 5.75. The standard InChI is InChI=1S/C18H20FNO/c1-12-8-9-21-18-11-15(6-7-16(12)18)20(3)14-5-4-13(2)17(19)10-14/h4-7,10-12H,8-9H2,1-3H3. The molecule has 1 heterocycles. The molecule has 0 fully saturated rings. The molecule has 0 saturated heterocycles. The zero-order chi connectivity index (χ0) is 15.0. The normalized spacial score (nSPS) is 17.0. The molecule has 21 heavy (non-hydrogen) atoms. The third-order valence-electron chi connectivity index (χ3n) is 4.27. The van der Waals surface area contributed by atoms with Crippen molar-refractivity contribution in [3.05, 3.63) is 53.3 Å². The first-order valence-electron chi connectivity index (χ1n) is 7.33. The van der Waals surface area contributed by atoms with Crippen molar-refractivity contribution in [1.82, 2.24) is 0 Å². The van der Waals surface area contributed by atoms with Gasteiger partial charge in [-0.05, 0) is 48.6 Å². The van der Waals surface area contributed by atoms with Crippen LogP contribution in [0.15, 0.2) is 36.4 Å². The Balaban J connectivity index is 1.94. The van der Waals surface area contributed by atoms with Gasteiger partial charge in [0.1, 0.15) is 11.6 Å². The first kappa shape index (κ1) is 13.9. The lowest BCUT2D eigenvalue weighted by Crippen LogP contribution is -2.14. The lowest BCUT2D eigenvalue weighted by molar-refractivity contribution is 0.272. The van der Waals surface area contributed by atoms with Crippen LogP contribution in [0.1, 0.15) is 30.4 Å². The van der Waals surface area contributed by atoms with Crippen LogP contribution in [-0.4, -0.2) is 13.7 Å². The molecule has 1 unspecified atom stereocenters. The first-order valence-corrected chi connectivity index (χ1v) is 7.33. The molecule has 1 aliphatic heterocycles. The van der Waals surface area contributed by atoms with Gasteiger partial charge in [-0.3, -0.25) is 0 Å². The Bertz CT molecular complexity index is 668. The highest BCUT2D eigenvalue weighted by Crippen LogP contribution is 2.37. The van der Waals surface area contributed by atoms with Crippen LogP contribution in [0, 0.1) is 12.7 Å². The summed E-state index contributed by atoms with van der Waals surface area (Å²) in [6.07, 6.45) is 1.06. The minimum Gasteiger partial charge on any atom is -0.493 e. The third-order valence-corrected chi connectivity index (χ3v) is 4.27. The van der Waals surface area contributed by atoms with E-state index in [1.54, 1.807) is 19.1 Å². The largest absolute Gasteiger partial charge is 0.493 e. The highest BCUT2D eigenvalue weighted by Gasteiger charge is 2.18. The van der Waals surface area contributed by atoms with Gasteiger partial charge in [0.25, 0.3) is 0 Å². The fourth-order valence-electron chi connectivity index (χ4n) is 2.70. The van der Waals surface area contributed by atoms with Crippen molar-refractivity contribution in [3.63, 3.8) is 0 Å². The van der Waals surface area contributed by atoms with Crippen molar-refractivity contribution in [3.8, 4) is 5.75 Å². The van der Waals surface area contributed by atoms with E-state index >= 15 is 0 Å². The van der Waals surface area contributed by atoms with Crippen LogP contribution < -0.4 is 9.64 Å². The van der Waals surface area contributed by atoms with E-state index in [-0.39, 0.29) is 5.82 Å². The summed E-state index contributed by atoms with van der Waals surface area (Å²) >= 11 is 0. The molecule has 2 nitrogen and oxygen atoms in total. The van der Waals surface area contributed by atoms with Crippen LogP contribution in [0.4, 0.5) is 15.8 Å². The number of rotatable bonds is 2. The highest BCUT2D eigenvalue weighted by molar-refractivity contribution is 5.65. The van der Waals surface area contributed by atoms with Crippen LogP contribution in [0.5, 0.6) is 5.75 Å². The maximum Gasteiger partial charge on any atom is 0.128 e. The molecule has 0 amide bonds. The van der Waals surface area contributed by atoms with Gasteiger partial charge < -0.3 is 9.64 Å². The molecule has 0 aromatic heterocycles. The average Bonchev–Trinajstić information content (AvgIpc) is 2.49. The molecule has 0 spiro atoms. The molecular formula is C18H20FNO. The number of nitrogens with zero attached hydrogens (tertiary/aromatic N) is 1. The topological polar surface area (TPSA) is 12.5 Å². The third kappa shape index (κ3) is 2.60. The lowest BCUT2D eigenvalue weighted by atomic mass is 9.95. The second kappa shape index (κ2) is 5.40. The fraction of sp³-hybridized carbons (Fsp3) is 0.333. The Labute approximate surface area is 125 Å². The maximum atomic E-state index is 13.7. The summed E-state index contributed by atoms with van der Waals surface area (Å²) in [5, 5.41) is 0. The number of fused-ring (bicyclic) bond motifs is 1. The Hall–Kier alpha value is -2.03. The summed E-state index contributed by atoms with van der Waals surface area (Å²) in [6.45, 7) is 4.76. The minimum absolute atomic E-state index is 0.179. The monoisotopic (exact) mass is 285 g/mol. The number of aryl methyl sites for hydroxylation is 1. The number of hydrogen-bond donors (Lipinski definition) is 0. The minimum atomic E-state index is -0.179. The van der Waals surface area contributed by atoms with Gasteiger partial charge in [-0.1, -0.05) is 19.1 Å². The zero-order valence-corrected chi connectivity index (χ0v) is 12.7. The Morgan fingerprint density at radius 2 is 1.86 bits per heavy atom. The maximum absolute atomic E-state index is 13.7. The van der Waals surface area contributed by atoms with Gasteiger partial charge in [-0.15, -0.1) is 0 Å². The predicted octanol–water partition coefficient (Wildman–Crippen LogP) is 4.79. The fourth-order valence-corrected chi connectivity index (χ4v) is 2.70. The molecule has 0 bridgehead atoms. The average molecular weight is 285 g/mol. The summed E-state index contributed by atoms with van der Waals surface area (Å²) < 4.78 is 19.5. The van der Waals surface area contributed by atoms with Gasteiger partial charge >= 0.3 is 0 Å². The molecule has 3 heteroatoms. The smallest absolute Gasteiger partial charge is 0.128 e. The van der Waals surface area contributed by atoms with Crippen molar-refractivity contribution < 1.29 is 9.13 Å². The van der Waals surface area contributed by atoms with E-state index in [0.29, 0.717) is 11.5 Å². The van der Waals surface area contributed by atoms with Crippen molar-refractivity contribution in [1.29, 1.82) is 0 Å². The van der Waals surface area contributed by atoms with Gasteiger partial charge in [0.2, 0.25) is 0 Å². The summed E-state index contributed by atoms with van der Waals surface area (Å²) in [4.78, 5) is 1.98. The van der Waals surface area contributed by atoms with Gasteiger partial charge in [-0.2, -0.15) is 0 Å². The SMILES string of the molecule is Cc1ccc(N(C)c2ccc3c(c2)OCCC3C)cc1F. The Kier molecular flexibility index (Phi) is 3.58. The van der Waals surface area contributed by atoms with E-state index in [0.717, 1.165) is 30.2 Å². The summed E-state index contributed by atoms with van der Waals surface area (Å²) in [5.74, 6) is 1.30. The van der Waals surface area contributed by atoms with Crippen molar-refractivity contribution in [2.75, 3.05) is 18.6 Å². The molecule has 110 valence electrons. The molecule has 0 saturated carbocycles. The summed E-state index contributed by atoms with van der Waals surface area (Å²) in [6, 6.07) is 11.5. The summed E-state index contributed by atoms with van der Waals surface area (Å²) in [5.41, 5.74) is 3.76. The van der Waals surface area contributed by atoms with E-state index in [1.807, 2.05) is 24.1 Å². The number of anilines is 2. The van der Waals surface area contributed by atoms with E-state index in [1.165, 1.54) is 5.56 Å². The van der Waals surface area contributed by atoms with Crippen molar-refractivity contribution in [2.45, 2.75) is 26.2 Å². The molecule has 0 aliphatic carbocycles. The van der Waals surface area contributed by atoms with Gasteiger partial charge in [0.15, 0.2) is 0 Å². The predicted molar refractivity (Wildman–Crippen MR) is 84.2 cm³/mol. The van der Waals surface area contributed by atoms with Gasteiger partial charge in [-0.25, -0.2) is 4.39 Å². The summed E-state index contributed by atoms with van der Waals surface area (Å²) in [7, 11) is 1.94. The number of ether oxygens (including phenoxy) is 1. The number of benzene rings is 2. The van der Waals surface area contributed by atoms with Crippen molar-refractivity contribution >= 4 is 11.4 Å². The molecule has 1 aliphatic rings. The van der Waals surface area contributed by atoms with Crippen LogP contribution in [0.2, 0.25) is 0 Å². The molecule has 2 aromatic carbocycles. The lowest BCUT2D eigenvalue weighted by Gasteiger charge is -2.26. The molecular weight excluding hydrogens is 265 g/mol. The number of halogens is 1. The van der Waals surface area contributed by atoms with Crippen LogP contribution in [-0.2, 0) is 0 Å². The molecule has 0 radical (unpaired) electrons. The molecule has 1 atom stereocenters. The van der Waals surface area contributed by atoms with E-state index in [9.17, 15) is 4.39 Å². The van der Waals surface area contributed by atoms with E-state index in [4.69, 9.17) is 4.74 Å². The van der Waals surface area contributed by atoms with E-state index in [2.05, 4.69) is 19.1 Å². The zero-order valence-electron chi connectivity index (χ0n) is 12.7. The molecule has 2 aromatic rings. The van der Waals surface area contributed by atoms with Crippen LogP contribution >= 0.6 is 0 Å². The quantitative estimate of drug-likeness (QED) is 0.786. The first-order chi connectivity index (χ1) is 10.1. The van der Waals surface area contributed by atoms with Crippen LogP contribution in [0.3, 0.4) is 0 Å². The van der Waals surface area contributed by atoms with E-state index < -0.39 is 0 Å². The van der Waals surface area contributed by atoms with Gasteiger partial charge in [0.05, 0.1) is 6.61 Å². The Morgan fingerprint density at radius 1 is 1.14 bits per heavy atom. The molecule has 3 rings (SSSR count). The Morgan fingerprint density at radius 3 is 2.62 bits per heavy atom. The van der Waals surface area contributed by atoms with Gasteiger partial charge in [0, 0.05) is 24.5 Å². The van der Waals surface area contributed by atoms with Crippen molar-refractivity contribution in [2.24, 2.45) is 0 Å². The highest BCUT2D eigenvalue weighted by atomic mass is 19.1. The second-order valence-electron chi connectivity index (χ2n) is 5.75.